The zero-order chi connectivity index (χ0) is 25.1. The second kappa shape index (κ2) is 10.9. The number of ether oxygens (including phenoxy) is 1. The molecule has 184 valence electrons. The third-order valence-corrected chi connectivity index (χ3v) is 8.68. The summed E-state index contributed by atoms with van der Waals surface area (Å²) in [7, 11) is -1.31. The summed E-state index contributed by atoms with van der Waals surface area (Å²) in [5.41, 5.74) is 2.86. The van der Waals surface area contributed by atoms with Gasteiger partial charge in [0.1, 0.15) is 0 Å². The molecule has 1 aliphatic rings. The zero-order valence-corrected chi connectivity index (χ0v) is 21.5. The van der Waals surface area contributed by atoms with Crippen molar-refractivity contribution in [3.8, 4) is 0 Å². The number of hydrogen-bond acceptors (Lipinski definition) is 6. The average Bonchev–Trinajstić information content (AvgIpc) is 3.34. The van der Waals surface area contributed by atoms with E-state index < -0.39 is 10.8 Å². The summed E-state index contributed by atoms with van der Waals surface area (Å²) in [6, 6.07) is 19.4. The number of amides is 2. The summed E-state index contributed by atoms with van der Waals surface area (Å²) in [6.45, 7) is 1.97. The van der Waals surface area contributed by atoms with E-state index in [-0.39, 0.29) is 11.8 Å². The molecule has 7 nitrogen and oxygen atoms in total. The quantitative estimate of drug-likeness (QED) is 0.373. The van der Waals surface area contributed by atoms with Crippen LogP contribution in [0.4, 0.5) is 5.69 Å². The number of carbonyl (C=O) groups is 2. The van der Waals surface area contributed by atoms with Crippen LogP contribution in [-0.4, -0.2) is 52.2 Å². The van der Waals surface area contributed by atoms with E-state index >= 15 is 0 Å². The van der Waals surface area contributed by atoms with E-state index in [4.69, 9.17) is 16.3 Å². The molecule has 0 radical (unpaired) electrons. The normalized spacial score (nSPS) is 14.5. The maximum atomic E-state index is 13.1. The Morgan fingerprint density at radius 2 is 1.75 bits per heavy atom. The Bertz CT molecular complexity index is 1450. The van der Waals surface area contributed by atoms with Crippen molar-refractivity contribution >= 4 is 61.5 Å². The van der Waals surface area contributed by atoms with E-state index in [1.807, 2.05) is 12.1 Å². The highest BCUT2D eigenvalue weighted by atomic mass is 35.5. The number of aromatic nitrogens is 1. The molecule has 1 fully saturated rings. The number of hydrogen-bond donors (Lipinski definition) is 1. The lowest BCUT2D eigenvalue weighted by Gasteiger charge is -2.27. The number of morpholine rings is 1. The van der Waals surface area contributed by atoms with E-state index in [0.29, 0.717) is 63.7 Å². The Balaban J connectivity index is 1.32. The topological polar surface area (TPSA) is 88.6 Å². The molecular weight excluding hydrogens is 518 g/mol. The van der Waals surface area contributed by atoms with Crippen LogP contribution in [0.25, 0.3) is 10.2 Å². The van der Waals surface area contributed by atoms with E-state index in [9.17, 15) is 13.8 Å². The Labute approximate surface area is 219 Å². The lowest BCUT2D eigenvalue weighted by atomic mass is 10.0. The van der Waals surface area contributed by atoms with Crippen molar-refractivity contribution in [2.24, 2.45) is 0 Å². The first-order valence-electron chi connectivity index (χ1n) is 11.3. The lowest BCUT2D eigenvalue weighted by molar-refractivity contribution is 0.0302. The fourth-order valence-electron chi connectivity index (χ4n) is 3.88. The molecule has 1 saturated heterocycles. The molecule has 0 bridgehead atoms. The van der Waals surface area contributed by atoms with Gasteiger partial charge in [0.2, 0.25) is 0 Å². The summed E-state index contributed by atoms with van der Waals surface area (Å²) in [6.07, 6.45) is 0. The molecule has 0 saturated carbocycles. The molecule has 4 aromatic rings. The lowest BCUT2D eigenvalue weighted by Crippen LogP contribution is -2.41. The highest BCUT2D eigenvalue weighted by Crippen LogP contribution is 2.29. The first kappa shape index (κ1) is 24.6. The number of benzene rings is 3. The van der Waals surface area contributed by atoms with Crippen LogP contribution >= 0.6 is 22.9 Å². The van der Waals surface area contributed by atoms with Crippen molar-refractivity contribution in [1.82, 2.24) is 9.88 Å². The SMILES string of the molecule is O=C(Nc1ccc2nc([S@@](=O)Cc3ccc(Cl)cc3)sc2c1)c1ccccc1C(=O)N1CCOCC1. The van der Waals surface area contributed by atoms with Crippen LogP contribution in [0.5, 0.6) is 0 Å². The molecule has 5 rings (SSSR count). The fraction of sp³-hybridized carbons (Fsp3) is 0.192. The summed E-state index contributed by atoms with van der Waals surface area (Å²) in [4.78, 5) is 32.3. The van der Waals surface area contributed by atoms with Crippen molar-refractivity contribution in [2.75, 3.05) is 31.6 Å². The number of anilines is 1. The van der Waals surface area contributed by atoms with Crippen molar-refractivity contribution in [3.05, 3.63) is 88.4 Å². The smallest absolute Gasteiger partial charge is 0.256 e. The number of fused-ring (bicyclic) bond motifs is 1. The Kier molecular flexibility index (Phi) is 7.43. The molecule has 2 amide bonds. The minimum Gasteiger partial charge on any atom is -0.378 e. The van der Waals surface area contributed by atoms with Gasteiger partial charge in [0.25, 0.3) is 11.8 Å². The van der Waals surface area contributed by atoms with Crippen LogP contribution in [0.15, 0.2) is 71.1 Å². The predicted molar refractivity (Wildman–Crippen MR) is 142 cm³/mol. The first-order chi connectivity index (χ1) is 17.5. The average molecular weight is 540 g/mol. The number of nitrogens with one attached hydrogen (secondary N) is 1. The molecule has 1 aliphatic heterocycles. The Morgan fingerprint density at radius 1 is 1.03 bits per heavy atom. The van der Waals surface area contributed by atoms with E-state index in [1.54, 1.807) is 59.5 Å². The van der Waals surface area contributed by atoms with Crippen molar-refractivity contribution in [2.45, 2.75) is 10.1 Å². The molecule has 1 atom stereocenters. The van der Waals surface area contributed by atoms with Gasteiger partial charge < -0.3 is 15.0 Å². The minimum absolute atomic E-state index is 0.185. The fourth-order valence-corrected chi connectivity index (χ4v) is 6.37. The maximum Gasteiger partial charge on any atom is 0.256 e. The van der Waals surface area contributed by atoms with Crippen molar-refractivity contribution < 1.29 is 18.5 Å². The highest BCUT2D eigenvalue weighted by Gasteiger charge is 2.23. The summed E-state index contributed by atoms with van der Waals surface area (Å²) < 4.78 is 19.5. The predicted octanol–water partition coefficient (Wildman–Crippen LogP) is 4.98. The van der Waals surface area contributed by atoms with Crippen molar-refractivity contribution in [1.29, 1.82) is 0 Å². The number of rotatable bonds is 6. The molecule has 1 aromatic heterocycles. The molecule has 36 heavy (non-hydrogen) atoms. The zero-order valence-electron chi connectivity index (χ0n) is 19.1. The van der Waals surface area contributed by atoms with Gasteiger partial charge in [0.05, 0.1) is 51.1 Å². The second-order valence-electron chi connectivity index (χ2n) is 8.18. The van der Waals surface area contributed by atoms with Gasteiger partial charge >= 0.3 is 0 Å². The van der Waals surface area contributed by atoms with Gasteiger partial charge in [-0.3, -0.25) is 13.8 Å². The van der Waals surface area contributed by atoms with Crippen LogP contribution in [0, 0.1) is 0 Å². The summed E-state index contributed by atoms with van der Waals surface area (Å²) in [5, 5.41) is 3.52. The molecular formula is C26H22ClN3O4S2. The van der Waals surface area contributed by atoms with Gasteiger partial charge in [0, 0.05) is 23.8 Å². The van der Waals surface area contributed by atoms with Crippen LogP contribution in [0.3, 0.4) is 0 Å². The van der Waals surface area contributed by atoms with Crippen LogP contribution < -0.4 is 5.32 Å². The van der Waals surface area contributed by atoms with Crippen molar-refractivity contribution in [3.63, 3.8) is 0 Å². The largest absolute Gasteiger partial charge is 0.378 e. The van der Waals surface area contributed by atoms with Crippen LogP contribution in [0.2, 0.25) is 5.02 Å². The van der Waals surface area contributed by atoms with Gasteiger partial charge in [-0.25, -0.2) is 4.98 Å². The number of halogens is 1. The third kappa shape index (κ3) is 5.49. The molecule has 10 heteroatoms. The van der Waals surface area contributed by atoms with E-state index in [0.717, 1.165) is 10.3 Å². The van der Waals surface area contributed by atoms with Gasteiger partial charge in [-0.1, -0.05) is 35.9 Å². The summed E-state index contributed by atoms with van der Waals surface area (Å²) in [5.74, 6) is -0.216. The standard InChI is InChI=1S/C26H22ClN3O4S2/c27-18-7-5-17(6-8-18)16-36(33)26-29-22-10-9-19(15-23(22)35-26)28-24(31)20-3-1-2-4-21(20)25(32)30-11-13-34-14-12-30/h1-10,15H,11-14,16H2,(H,28,31)/t36-/m0/s1. The number of nitrogens with zero attached hydrogens (tertiary/aromatic N) is 2. The van der Waals surface area contributed by atoms with Crippen LogP contribution in [-0.2, 0) is 21.3 Å². The summed E-state index contributed by atoms with van der Waals surface area (Å²) >= 11 is 7.26. The van der Waals surface area contributed by atoms with Crippen LogP contribution in [0.1, 0.15) is 26.3 Å². The second-order valence-corrected chi connectivity index (χ2v) is 11.3. The van der Waals surface area contributed by atoms with Gasteiger partial charge in [0.15, 0.2) is 4.34 Å². The molecule has 0 unspecified atom stereocenters. The maximum absolute atomic E-state index is 13.1. The van der Waals surface area contributed by atoms with Gasteiger partial charge in [-0.05, 0) is 48.0 Å². The van der Waals surface area contributed by atoms with Gasteiger partial charge in [-0.2, -0.15) is 0 Å². The Morgan fingerprint density at radius 3 is 2.50 bits per heavy atom. The van der Waals surface area contributed by atoms with E-state index in [2.05, 4.69) is 10.3 Å². The monoisotopic (exact) mass is 539 g/mol. The van der Waals surface area contributed by atoms with Gasteiger partial charge in [-0.15, -0.1) is 11.3 Å². The minimum atomic E-state index is -1.31. The third-order valence-electron chi connectivity index (χ3n) is 5.73. The Hall–Kier alpha value is -3.11. The number of carbonyl (C=O) groups excluding carboxylic acids is 2. The highest BCUT2D eigenvalue weighted by molar-refractivity contribution is 7.86. The first-order valence-corrected chi connectivity index (χ1v) is 13.8. The molecule has 1 N–H and O–H groups in total. The molecule has 0 aliphatic carbocycles. The van der Waals surface area contributed by atoms with E-state index in [1.165, 1.54) is 11.3 Å². The number of thiazole rings is 1. The molecule has 0 spiro atoms. The molecule has 2 heterocycles. The molecule has 3 aromatic carbocycles.